The van der Waals surface area contributed by atoms with Crippen molar-refractivity contribution >= 4 is 62.3 Å². The zero-order valence-corrected chi connectivity index (χ0v) is 16.0. The van der Waals surface area contributed by atoms with E-state index in [9.17, 15) is 14.7 Å². The molecule has 1 atom stereocenters. The molecule has 0 aliphatic rings. The Hall–Kier alpha value is 0.365. The molecule has 21 heavy (non-hydrogen) atoms. The fourth-order valence-electron chi connectivity index (χ4n) is 1.02. The summed E-state index contributed by atoms with van der Waals surface area (Å²) < 4.78 is 0. The van der Waals surface area contributed by atoms with Crippen LogP contribution in [0.15, 0.2) is 30.3 Å². The number of aliphatic carboxylic acids is 2. The van der Waals surface area contributed by atoms with Crippen molar-refractivity contribution in [3.05, 3.63) is 30.3 Å². The second kappa shape index (κ2) is 15.3. The summed E-state index contributed by atoms with van der Waals surface area (Å²) in [5.41, 5.74) is 5.46. The first-order chi connectivity index (χ1) is 8.84. The fraction of sp³-hybridized carbons (Fsp3) is 0.273. The fourth-order valence-corrected chi connectivity index (χ4v) is 1.02. The minimum absolute atomic E-state index is 0. The number of benzene rings is 1. The first kappa shape index (κ1) is 26.3. The number of carboxylic acid groups (broad SMARTS) is 2. The molecule has 0 aliphatic carbocycles. The predicted octanol–water partition coefficient (Wildman–Crippen LogP) is -5.86. The van der Waals surface area contributed by atoms with Crippen molar-refractivity contribution in [1.82, 2.24) is 0 Å². The van der Waals surface area contributed by atoms with Crippen molar-refractivity contribution in [2.24, 2.45) is 5.73 Å². The van der Waals surface area contributed by atoms with E-state index in [-0.39, 0.29) is 83.0 Å². The van der Waals surface area contributed by atoms with Gasteiger partial charge in [0.05, 0.1) is 5.97 Å². The van der Waals surface area contributed by atoms with Crippen molar-refractivity contribution < 1.29 is 62.3 Å². The Morgan fingerprint density at radius 1 is 1.29 bits per heavy atom. The van der Waals surface area contributed by atoms with Gasteiger partial charge < -0.3 is 33.6 Å². The topological polar surface area (TPSA) is 144 Å². The number of hydrogen-bond donors (Lipinski definition) is 4. The van der Waals surface area contributed by atoms with Gasteiger partial charge in [0.15, 0.2) is 0 Å². The molecule has 0 aliphatic heterocycles. The van der Waals surface area contributed by atoms with Crippen molar-refractivity contribution in [1.29, 1.82) is 0 Å². The van der Waals surface area contributed by atoms with Crippen LogP contribution in [0.5, 0.6) is 0 Å². The average molecular weight is 333 g/mol. The van der Waals surface area contributed by atoms with Crippen LogP contribution < -0.4 is 45.9 Å². The van der Waals surface area contributed by atoms with Crippen LogP contribution in [0.1, 0.15) is 15.7 Å². The maximum Gasteiger partial charge on any atom is 2.00 e. The van der Waals surface area contributed by atoms with E-state index in [4.69, 9.17) is 20.9 Å². The molecule has 0 bridgehead atoms. The van der Waals surface area contributed by atoms with Crippen LogP contribution >= 0.6 is 0 Å². The smallest absolute Gasteiger partial charge is 1.00 e. The van der Waals surface area contributed by atoms with Crippen LogP contribution in [0.25, 0.3) is 0 Å². The molecule has 0 radical (unpaired) electrons. The van der Waals surface area contributed by atoms with Gasteiger partial charge in [-0.25, -0.2) is 0 Å². The molecule has 1 rings (SSSR count). The van der Waals surface area contributed by atoms with E-state index in [1.807, 2.05) is 6.07 Å². The summed E-state index contributed by atoms with van der Waals surface area (Å²) in [4.78, 5) is 19.7. The summed E-state index contributed by atoms with van der Waals surface area (Å²) >= 11 is 0. The molecule has 108 valence electrons. The zero-order valence-electron chi connectivity index (χ0n) is 13.8. The Bertz CT molecular complexity index is 419. The standard InChI is InChI=1S/C6H7BO2.C5H9NO4.Ca.Na.2H/c8-7(9)6-4-2-1-3-5-6;6-3(5(9)10)1-2-4(7)8;;;;/h1-5,8-9H;3H,1-2,6H2,(H,7,8)(H,9,10);;;;/q;;+2;+1;2*-1/p-1/t;3-;;;;/m.0..../s1. The molecule has 0 saturated heterocycles. The second-order valence-corrected chi connectivity index (χ2v) is 3.64. The summed E-state index contributed by atoms with van der Waals surface area (Å²) in [7, 11) is -1.34. The summed E-state index contributed by atoms with van der Waals surface area (Å²) in [5, 5.41) is 35.1. The quantitative estimate of drug-likeness (QED) is 0.393. The van der Waals surface area contributed by atoms with E-state index in [2.05, 4.69) is 0 Å². The summed E-state index contributed by atoms with van der Waals surface area (Å²) in [5.74, 6) is -2.47. The van der Waals surface area contributed by atoms with E-state index in [0.29, 0.717) is 5.46 Å². The Kier molecular flexibility index (Phi) is 19.1. The monoisotopic (exact) mass is 333 g/mol. The van der Waals surface area contributed by atoms with Crippen LogP contribution in [-0.4, -0.2) is 78.0 Å². The molecule has 0 unspecified atom stereocenters. The minimum Gasteiger partial charge on any atom is -1.00 e. The Balaban J connectivity index is -0.0000000801. The van der Waals surface area contributed by atoms with Crippen LogP contribution in [-0.2, 0) is 9.59 Å². The molecule has 1 aromatic carbocycles. The Morgan fingerprint density at radius 3 is 2.05 bits per heavy atom. The minimum atomic E-state index is -1.42. The van der Waals surface area contributed by atoms with Crippen LogP contribution in [0.3, 0.4) is 0 Å². The third-order valence-corrected chi connectivity index (χ3v) is 2.07. The van der Waals surface area contributed by atoms with E-state index in [0.717, 1.165) is 0 Å². The Morgan fingerprint density at radius 2 is 1.76 bits per heavy atom. The van der Waals surface area contributed by atoms with Crippen LogP contribution in [0.2, 0.25) is 0 Å². The molecule has 0 saturated carbocycles. The predicted molar refractivity (Wildman–Crippen MR) is 74.1 cm³/mol. The van der Waals surface area contributed by atoms with Gasteiger partial charge in [-0.1, -0.05) is 30.3 Å². The largest absolute Gasteiger partial charge is 2.00 e. The van der Waals surface area contributed by atoms with Crippen molar-refractivity contribution in [2.45, 2.75) is 18.9 Å². The normalized spacial score (nSPS) is 9.86. The summed E-state index contributed by atoms with van der Waals surface area (Å²) in [6, 6.07) is 7.49. The van der Waals surface area contributed by atoms with Gasteiger partial charge in [-0.05, 0) is 11.9 Å². The average Bonchev–Trinajstić information content (AvgIpc) is 2.37. The molecule has 1 aromatic rings. The molecule has 10 heteroatoms. The molecular weight excluding hydrogens is 316 g/mol. The Labute approximate surface area is 177 Å². The van der Waals surface area contributed by atoms with Gasteiger partial charge in [0.2, 0.25) is 0 Å². The summed E-state index contributed by atoms with van der Waals surface area (Å²) in [6.07, 6.45) is -0.327. The molecule has 7 nitrogen and oxygen atoms in total. The zero-order chi connectivity index (χ0) is 14.8. The number of nitrogens with two attached hydrogens (primary N) is 1. The van der Waals surface area contributed by atoms with Crippen molar-refractivity contribution in [3.63, 3.8) is 0 Å². The van der Waals surface area contributed by atoms with Gasteiger partial charge in [-0.15, -0.1) is 0 Å². The molecule has 0 heterocycles. The van der Waals surface area contributed by atoms with Crippen molar-refractivity contribution in [3.8, 4) is 0 Å². The second-order valence-electron chi connectivity index (χ2n) is 3.64. The number of rotatable bonds is 5. The van der Waals surface area contributed by atoms with Gasteiger partial charge in [-0.2, -0.15) is 0 Å². The van der Waals surface area contributed by atoms with Gasteiger partial charge >= 0.3 is 80.4 Å². The molecule has 0 spiro atoms. The van der Waals surface area contributed by atoms with Gasteiger partial charge in [0, 0.05) is 12.5 Å². The van der Waals surface area contributed by atoms with E-state index in [1.54, 1.807) is 24.3 Å². The van der Waals surface area contributed by atoms with Gasteiger partial charge in [0.1, 0.15) is 0 Å². The number of carbonyl (C=O) groups excluding carboxylic acids is 1. The number of carboxylic acids is 2. The molecule has 0 amide bonds. The van der Waals surface area contributed by atoms with E-state index < -0.39 is 25.1 Å². The van der Waals surface area contributed by atoms with E-state index >= 15 is 0 Å². The molecule has 5 N–H and O–H groups in total. The maximum atomic E-state index is 9.88. The first-order valence-corrected chi connectivity index (χ1v) is 5.44. The van der Waals surface area contributed by atoms with Crippen LogP contribution in [0.4, 0.5) is 0 Å². The van der Waals surface area contributed by atoms with Gasteiger partial charge in [0.25, 0.3) is 0 Å². The maximum absolute atomic E-state index is 9.88. The molecular formula is C11H17BCaNNaO6. The molecule has 0 fully saturated rings. The first-order valence-electron chi connectivity index (χ1n) is 5.44. The van der Waals surface area contributed by atoms with E-state index in [1.165, 1.54) is 0 Å². The third kappa shape index (κ3) is 15.0. The molecule has 0 aromatic heterocycles. The number of carbonyl (C=O) groups is 2. The van der Waals surface area contributed by atoms with Crippen LogP contribution in [0, 0.1) is 0 Å². The number of hydrogen-bond acceptors (Lipinski definition) is 6. The third-order valence-electron chi connectivity index (χ3n) is 2.07. The van der Waals surface area contributed by atoms with Gasteiger partial charge in [-0.3, -0.25) is 4.79 Å². The SMILES string of the molecule is N[C@@H](CCC(=O)O)C(=O)[O-].OB(O)c1ccccc1.[Ca+2].[H-].[H-].[Na+]. The van der Waals surface area contributed by atoms with Crippen molar-refractivity contribution in [2.75, 3.05) is 0 Å². The summed E-state index contributed by atoms with van der Waals surface area (Å²) in [6.45, 7) is 0.